The van der Waals surface area contributed by atoms with Gasteiger partial charge in [0.15, 0.2) is 0 Å². The molecule has 1 aliphatic rings. The number of rotatable bonds is 6. The average molecular weight is 253 g/mol. The lowest BCUT2D eigenvalue weighted by Gasteiger charge is -2.25. The molecular formula is C13H23N3O2. The molecule has 2 heterocycles. The van der Waals surface area contributed by atoms with Gasteiger partial charge in [-0.05, 0) is 45.7 Å². The molecule has 1 N–H and O–H groups in total. The first-order valence-electron chi connectivity index (χ1n) is 6.86. The molecule has 0 radical (unpaired) electrons. The number of aliphatic hydroxyl groups is 1. The van der Waals surface area contributed by atoms with Crippen LogP contribution in [0.5, 0.6) is 0 Å². The Morgan fingerprint density at radius 3 is 3.00 bits per heavy atom. The van der Waals surface area contributed by atoms with Crippen molar-refractivity contribution in [3.05, 3.63) is 11.8 Å². The molecule has 1 aliphatic heterocycles. The Morgan fingerprint density at radius 2 is 2.33 bits per heavy atom. The van der Waals surface area contributed by atoms with Crippen molar-refractivity contribution in [2.75, 3.05) is 13.1 Å². The number of aryl methyl sites for hydroxylation is 2. The van der Waals surface area contributed by atoms with E-state index in [9.17, 15) is 5.11 Å². The summed E-state index contributed by atoms with van der Waals surface area (Å²) >= 11 is 0. The van der Waals surface area contributed by atoms with Crippen LogP contribution in [0, 0.1) is 6.92 Å². The summed E-state index contributed by atoms with van der Waals surface area (Å²) in [5.41, 5.74) is 0. The van der Waals surface area contributed by atoms with Gasteiger partial charge in [-0.1, -0.05) is 0 Å². The Labute approximate surface area is 108 Å². The molecular weight excluding hydrogens is 230 g/mol. The highest BCUT2D eigenvalue weighted by molar-refractivity contribution is 4.83. The number of aliphatic hydroxyl groups excluding tert-OH is 1. The van der Waals surface area contributed by atoms with Crippen molar-refractivity contribution in [3.63, 3.8) is 0 Å². The molecule has 1 saturated heterocycles. The number of aromatic nitrogens is 2. The molecule has 1 aromatic rings. The minimum atomic E-state index is -0.200. The van der Waals surface area contributed by atoms with E-state index in [1.54, 1.807) is 0 Å². The van der Waals surface area contributed by atoms with E-state index in [2.05, 4.69) is 15.1 Å². The average Bonchev–Trinajstić information content (AvgIpc) is 2.88. The first-order valence-corrected chi connectivity index (χ1v) is 6.86. The van der Waals surface area contributed by atoms with Gasteiger partial charge >= 0.3 is 0 Å². The maximum absolute atomic E-state index is 9.48. The van der Waals surface area contributed by atoms with E-state index in [4.69, 9.17) is 4.42 Å². The van der Waals surface area contributed by atoms with Crippen molar-refractivity contribution in [3.8, 4) is 0 Å². The first-order chi connectivity index (χ1) is 8.65. The summed E-state index contributed by atoms with van der Waals surface area (Å²) in [5, 5.41) is 17.3. The Kier molecular flexibility index (Phi) is 4.72. The Balaban J connectivity index is 1.72. The highest BCUT2D eigenvalue weighted by Crippen LogP contribution is 2.21. The van der Waals surface area contributed by atoms with E-state index < -0.39 is 0 Å². The van der Waals surface area contributed by atoms with Gasteiger partial charge in [0.2, 0.25) is 11.8 Å². The third kappa shape index (κ3) is 3.78. The van der Waals surface area contributed by atoms with Crippen LogP contribution in [0.3, 0.4) is 0 Å². The molecule has 1 aromatic heterocycles. The van der Waals surface area contributed by atoms with Crippen molar-refractivity contribution in [1.82, 2.24) is 15.1 Å². The predicted octanol–water partition coefficient (Wildman–Crippen LogP) is 1.55. The van der Waals surface area contributed by atoms with E-state index in [-0.39, 0.29) is 6.10 Å². The van der Waals surface area contributed by atoms with Crippen LogP contribution in [-0.4, -0.2) is 45.4 Å². The van der Waals surface area contributed by atoms with Crippen molar-refractivity contribution < 1.29 is 9.52 Å². The Bertz CT molecular complexity index is 365. The van der Waals surface area contributed by atoms with Crippen molar-refractivity contribution in [2.24, 2.45) is 0 Å². The number of likely N-dealkylation sites (tertiary alicyclic amines) is 1. The second-order valence-corrected chi connectivity index (χ2v) is 5.24. The molecule has 5 heteroatoms. The van der Waals surface area contributed by atoms with Gasteiger partial charge in [0.1, 0.15) is 0 Å². The molecule has 1 fully saturated rings. The summed E-state index contributed by atoms with van der Waals surface area (Å²) in [6.07, 6.45) is 5.03. The Morgan fingerprint density at radius 1 is 1.50 bits per heavy atom. The third-order valence-electron chi connectivity index (χ3n) is 3.52. The second-order valence-electron chi connectivity index (χ2n) is 5.24. The van der Waals surface area contributed by atoms with Gasteiger partial charge in [0, 0.05) is 19.4 Å². The molecule has 0 aromatic carbocycles. The first kappa shape index (κ1) is 13.5. The van der Waals surface area contributed by atoms with Crippen LogP contribution in [0.4, 0.5) is 0 Å². The zero-order valence-electron chi connectivity index (χ0n) is 11.3. The summed E-state index contributed by atoms with van der Waals surface area (Å²) in [4.78, 5) is 2.48. The zero-order valence-corrected chi connectivity index (χ0v) is 11.3. The molecule has 0 amide bonds. The third-order valence-corrected chi connectivity index (χ3v) is 3.52. The molecule has 0 saturated carbocycles. The van der Waals surface area contributed by atoms with Crippen molar-refractivity contribution >= 4 is 0 Å². The molecule has 2 atom stereocenters. The van der Waals surface area contributed by atoms with Crippen LogP contribution in [0.1, 0.15) is 44.4 Å². The number of nitrogens with zero attached hydrogens (tertiary/aromatic N) is 3. The molecule has 0 bridgehead atoms. The van der Waals surface area contributed by atoms with Crippen LogP contribution < -0.4 is 0 Å². The van der Waals surface area contributed by atoms with Gasteiger partial charge < -0.3 is 14.4 Å². The largest absolute Gasteiger partial charge is 0.426 e. The summed E-state index contributed by atoms with van der Waals surface area (Å²) < 4.78 is 5.36. The molecule has 2 unspecified atom stereocenters. The topological polar surface area (TPSA) is 62.4 Å². The Hall–Kier alpha value is -0.940. The van der Waals surface area contributed by atoms with Gasteiger partial charge in [0.25, 0.3) is 0 Å². The van der Waals surface area contributed by atoms with Crippen LogP contribution in [0.2, 0.25) is 0 Å². The molecule has 102 valence electrons. The molecule has 2 rings (SSSR count). The minimum Gasteiger partial charge on any atom is -0.426 e. The lowest BCUT2D eigenvalue weighted by atomic mass is 10.1. The van der Waals surface area contributed by atoms with Crippen LogP contribution in [0.15, 0.2) is 4.42 Å². The van der Waals surface area contributed by atoms with E-state index in [0.29, 0.717) is 11.9 Å². The van der Waals surface area contributed by atoms with E-state index in [1.165, 1.54) is 12.8 Å². The number of hydrogen-bond donors (Lipinski definition) is 1. The smallest absolute Gasteiger partial charge is 0.216 e. The molecule has 18 heavy (non-hydrogen) atoms. The van der Waals surface area contributed by atoms with Gasteiger partial charge in [-0.25, -0.2) is 0 Å². The predicted molar refractivity (Wildman–Crippen MR) is 68.2 cm³/mol. The zero-order chi connectivity index (χ0) is 13.0. The second kappa shape index (κ2) is 6.29. The summed E-state index contributed by atoms with van der Waals surface area (Å²) in [6.45, 7) is 5.90. The van der Waals surface area contributed by atoms with Gasteiger partial charge in [-0.2, -0.15) is 0 Å². The van der Waals surface area contributed by atoms with Crippen molar-refractivity contribution in [2.45, 2.75) is 58.1 Å². The maximum Gasteiger partial charge on any atom is 0.216 e. The fourth-order valence-corrected chi connectivity index (χ4v) is 2.72. The molecule has 5 nitrogen and oxygen atoms in total. The monoisotopic (exact) mass is 253 g/mol. The maximum atomic E-state index is 9.48. The van der Waals surface area contributed by atoms with Gasteiger partial charge in [0.05, 0.1) is 6.10 Å². The van der Waals surface area contributed by atoms with E-state index in [0.717, 1.165) is 38.2 Å². The van der Waals surface area contributed by atoms with Crippen LogP contribution in [-0.2, 0) is 6.42 Å². The molecule has 0 spiro atoms. The minimum absolute atomic E-state index is 0.200. The van der Waals surface area contributed by atoms with E-state index in [1.807, 2.05) is 13.8 Å². The quantitative estimate of drug-likeness (QED) is 0.833. The van der Waals surface area contributed by atoms with Crippen LogP contribution in [0.25, 0.3) is 0 Å². The lowest BCUT2D eigenvalue weighted by Crippen LogP contribution is -2.32. The van der Waals surface area contributed by atoms with Crippen molar-refractivity contribution in [1.29, 1.82) is 0 Å². The fourth-order valence-electron chi connectivity index (χ4n) is 2.72. The molecule has 0 aliphatic carbocycles. The SMILES string of the molecule is Cc1nnc(CCCN2CCCC2CC(C)O)o1. The summed E-state index contributed by atoms with van der Waals surface area (Å²) in [6, 6.07) is 0.550. The lowest BCUT2D eigenvalue weighted by molar-refractivity contribution is 0.133. The normalized spacial score (nSPS) is 22.5. The van der Waals surface area contributed by atoms with Gasteiger partial charge in [-0.3, -0.25) is 0 Å². The standard InChI is InChI=1S/C13H23N3O2/c1-10(17)9-12-5-3-7-16(12)8-4-6-13-15-14-11(2)18-13/h10,12,17H,3-9H2,1-2H3. The highest BCUT2D eigenvalue weighted by Gasteiger charge is 2.24. The van der Waals surface area contributed by atoms with Crippen LogP contribution >= 0.6 is 0 Å². The fraction of sp³-hybridized carbons (Fsp3) is 0.846. The van der Waals surface area contributed by atoms with Gasteiger partial charge in [-0.15, -0.1) is 10.2 Å². The summed E-state index contributed by atoms with van der Waals surface area (Å²) in [7, 11) is 0. The highest BCUT2D eigenvalue weighted by atomic mass is 16.4. The van der Waals surface area contributed by atoms with E-state index >= 15 is 0 Å². The number of hydrogen-bond acceptors (Lipinski definition) is 5. The summed E-state index contributed by atoms with van der Waals surface area (Å²) in [5.74, 6) is 1.37.